The second-order valence-corrected chi connectivity index (χ2v) is 7.29. The Labute approximate surface area is 136 Å². The van der Waals surface area contributed by atoms with Crippen LogP contribution in [0.3, 0.4) is 0 Å². The van der Waals surface area contributed by atoms with Crippen LogP contribution in [0.1, 0.15) is 36.3 Å². The molecule has 0 aliphatic carbocycles. The summed E-state index contributed by atoms with van der Waals surface area (Å²) in [6.45, 7) is 4.26. The molecule has 1 N–H and O–H groups in total. The molecule has 0 saturated carbocycles. The van der Waals surface area contributed by atoms with Crippen molar-refractivity contribution in [3.63, 3.8) is 0 Å². The van der Waals surface area contributed by atoms with E-state index in [1.54, 1.807) is 11.3 Å². The molecule has 0 amide bonds. The Morgan fingerprint density at radius 3 is 3.05 bits per heavy atom. The van der Waals surface area contributed by atoms with Gasteiger partial charge in [0.2, 0.25) is 11.0 Å². The summed E-state index contributed by atoms with van der Waals surface area (Å²) < 4.78 is 5.23. The van der Waals surface area contributed by atoms with Crippen molar-refractivity contribution in [2.24, 2.45) is 5.92 Å². The van der Waals surface area contributed by atoms with Crippen molar-refractivity contribution in [3.8, 4) is 0 Å². The number of H-pyrrole nitrogens is 1. The molecule has 0 bridgehead atoms. The predicted octanol–water partition coefficient (Wildman–Crippen LogP) is 3.33. The molecule has 0 fully saturated rings. The van der Waals surface area contributed by atoms with Crippen LogP contribution in [0.2, 0.25) is 0 Å². The van der Waals surface area contributed by atoms with Crippen LogP contribution in [0.15, 0.2) is 27.2 Å². The Morgan fingerprint density at radius 1 is 1.36 bits per heavy atom. The molecule has 0 aliphatic heterocycles. The average molecular weight is 335 g/mol. The van der Waals surface area contributed by atoms with Crippen LogP contribution >= 0.6 is 23.1 Å². The van der Waals surface area contributed by atoms with E-state index in [0.717, 1.165) is 24.5 Å². The molecule has 0 atom stereocenters. The minimum Gasteiger partial charge on any atom is -0.338 e. The molecule has 8 heteroatoms. The van der Waals surface area contributed by atoms with Crippen LogP contribution in [0.25, 0.3) is 0 Å². The van der Waals surface area contributed by atoms with E-state index < -0.39 is 0 Å². The third-order valence-electron chi connectivity index (χ3n) is 2.86. The van der Waals surface area contributed by atoms with Crippen molar-refractivity contribution in [1.29, 1.82) is 0 Å². The van der Waals surface area contributed by atoms with Crippen molar-refractivity contribution in [1.82, 2.24) is 25.3 Å². The topological polar surface area (TPSA) is 80.5 Å². The van der Waals surface area contributed by atoms with E-state index >= 15 is 0 Å². The molecular formula is C14H17N5OS2. The van der Waals surface area contributed by atoms with E-state index in [2.05, 4.69) is 50.6 Å². The minimum atomic E-state index is 0.519. The molecule has 6 nitrogen and oxygen atoms in total. The van der Waals surface area contributed by atoms with E-state index in [4.69, 9.17) is 4.52 Å². The van der Waals surface area contributed by atoms with Gasteiger partial charge in [0, 0.05) is 17.7 Å². The Kier molecular flexibility index (Phi) is 4.89. The van der Waals surface area contributed by atoms with Crippen molar-refractivity contribution in [3.05, 3.63) is 39.9 Å². The summed E-state index contributed by atoms with van der Waals surface area (Å²) in [5, 5.41) is 13.9. The first-order valence-corrected chi connectivity index (χ1v) is 8.93. The first-order chi connectivity index (χ1) is 10.7. The summed E-state index contributed by atoms with van der Waals surface area (Å²) in [5.74, 6) is 3.35. The van der Waals surface area contributed by atoms with Gasteiger partial charge in [0.1, 0.15) is 5.82 Å². The third kappa shape index (κ3) is 4.17. The van der Waals surface area contributed by atoms with Gasteiger partial charge in [-0.25, -0.2) is 4.98 Å². The molecule has 0 spiro atoms. The number of hydrogen-bond donors (Lipinski definition) is 1. The van der Waals surface area contributed by atoms with Gasteiger partial charge in [-0.3, -0.25) is 5.10 Å². The molecule has 0 aromatic carbocycles. The van der Waals surface area contributed by atoms with Crippen molar-refractivity contribution < 1.29 is 4.52 Å². The van der Waals surface area contributed by atoms with Gasteiger partial charge in [-0.15, -0.1) is 16.4 Å². The van der Waals surface area contributed by atoms with Crippen LogP contribution in [-0.2, 0) is 18.6 Å². The van der Waals surface area contributed by atoms with Gasteiger partial charge in [0.15, 0.2) is 5.82 Å². The van der Waals surface area contributed by atoms with Crippen LogP contribution < -0.4 is 0 Å². The normalized spacial score (nSPS) is 11.4. The smallest absolute Gasteiger partial charge is 0.237 e. The monoisotopic (exact) mass is 335 g/mol. The summed E-state index contributed by atoms with van der Waals surface area (Å²) in [7, 11) is 0. The molecule has 3 aromatic heterocycles. The third-order valence-corrected chi connectivity index (χ3v) is 4.57. The summed E-state index contributed by atoms with van der Waals surface area (Å²) >= 11 is 3.21. The van der Waals surface area contributed by atoms with Gasteiger partial charge in [-0.2, -0.15) is 4.98 Å². The second kappa shape index (κ2) is 7.06. The molecule has 0 unspecified atom stereocenters. The van der Waals surface area contributed by atoms with Crippen molar-refractivity contribution >= 4 is 23.1 Å². The Morgan fingerprint density at radius 2 is 2.27 bits per heavy atom. The first kappa shape index (κ1) is 15.2. The lowest BCUT2D eigenvalue weighted by Crippen LogP contribution is -1.96. The number of nitrogens with zero attached hydrogens (tertiary/aromatic N) is 4. The van der Waals surface area contributed by atoms with Gasteiger partial charge in [-0.05, 0) is 17.4 Å². The molecule has 116 valence electrons. The fourth-order valence-corrected chi connectivity index (χ4v) is 3.29. The number of hydrogen-bond acceptors (Lipinski definition) is 7. The SMILES string of the molecule is CC(C)Cc1noc(CSc2n[nH]c(Cc3cccs3)n2)n1. The molecule has 0 saturated heterocycles. The summed E-state index contributed by atoms with van der Waals surface area (Å²) in [4.78, 5) is 10.1. The summed E-state index contributed by atoms with van der Waals surface area (Å²) in [6.07, 6.45) is 1.62. The zero-order valence-corrected chi connectivity index (χ0v) is 14.1. The number of thiophene rings is 1. The van der Waals surface area contributed by atoms with Gasteiger partial charge in [0.05, 0.1) is 5.75 Å². The maximum absolute atomic E-state index is 5.23. The molecule has 0 aliphatic rings. The maximum Gasteiger partial charge on any atom is 0.237 e. The van der Waals surface area contributed by atoms with E-state index in [1.807, 2.05) is 6.07 Å². The largest absolute Gasteiger partial charge is 0.338 e. The number of nitrogens with one attached hydrogen (secondary N) is 1. The van der Waals surface area contributed by atoms with Gasteiger partial charge >= 0.3 is 0 Å². The number of aromatic nitrogens is 5. The maximum atomic E-state index is 5.23. The highest BCUT2D eigenvalue weighted by molar-refractivity contribution is 7.98. The molecule has 3 aromatic rings. The lowest BCUT2D eigenvalue weighted by atomic mass is 10.1. The highest BCUT2D eigenvalue weighted by Crippen LogP contribution is 2.20. The fraction of sp³-hybridized carbons (Fsp3) is 0.429. The molecule has 22 heavy (non-hydrogen) atoms. The van der Waals surface area contributed by atoms with Gasteiger partial charge in [-0.1, -0.05) is 36.8 Å². The molecular weight excluding hydrogens is 318 g/mol. The molecule has 3 heterocycles. The van der Waals surface area contributed by atoms with Crippen LogP contribution in [0.4, 0.5) is 0 Å². The lowest BCUT2D eigenvalue weighted by molar-refractivity contribution is 0.382. The quantitative estimate of drug-likeness (QED) is 0.667. The average Bonchev–Trinajstić information content (AvgIpc) is 3.19. The predicted molar refractivity (Wildman–Crippen MR) is 85.9 cm³/mol. The zero-order chi connectivity index (χ0) is 15.4. The van der Waals surface area contributed by atoms with Crippen LogP contribution in [0, 0.1) is 5.92 Å². The highest BCUT2D eigenvalue weighted by Gasteiger charge is 2.11. The minimum absolute atomic E-state index is 0.519. The molecule has 3 rings (SSSR count). The summed E-state index contributed by atoms with van der Waals surface area (Å²) in [6, 6.07) is 4.13. The second-order valence-electron chi connectivity index (χ2n) is 5.31. The van der Waals surface area contributed by atoms with Crippen molar-refractivity contribution in [2.45, 2.75) is 37.6 Å². The Bertz CT molecular complexity index is 704. The van der Waals surface area contributed by atoms with E-state index in [0.29, 0.717) is 22.7 Å². The molecule has 0 radical (unpaired) electrons. The number of aromatic amines is 1. The standard InChI is InChI=1S/C14H17N5OS2/c1-9(2)6-12-15-13(20-19-12)8-22-14-16-11(17-18-14)7-10-4-3-5-21-10/h3-5,9H,6-8H2,1-2H3,(H,16,17,18). The fourth-order valence-electron chi connectivity index (χ4n) is 1.92. The summed E-state index contributed by atoms with van der Waals surface area (Å²) in [5.41, 5.74) is 0. The Balaban J connectivity index is 1.53. The Hall–Kier alpha value is -1.67. The van der Waals surface area contributed by atoms with Crippen LogP contribution in [0.5, 0.6) is 0 Å². The van der Waals surface area contributed by atoms with E-state index in [9.17, 15) is 0 Å². The van der Waals surface area contributed by atoms with Crippen LogP contribution in [-0.4, -0.2) is 25.3 Å². The lowest BCUT2D eigenvalue weighted by Gasteiger charge is -1.95. The van der Waals surface area contributed by atoms with E-state index in [1.165, 1.54) is 16.6 Å². The zero-order valence-electron chi connectivity index (χ0n) is 12.4. The van der Waals surface area contributed by atoms with E-state index in [-0.39, 0.29) is 0 Å². The highest BCUT2D eigenvalue weighted by atomic mass is 32.2. The van der Waals surface area contributed by atoms with Crippen molar-refractivity contribution in [2.75, 3.05) is 0 Å². The van der Waals surface area contributed by atoms with Gasteiger partial charge in [0.25, 0.3) is 0 Å². The first-order valence-electron chi connectivity index (χ1n) is 7.07. The number of rotatable bonds is 7. The van der Waals surface area contributed by atoms with Gasteiger partial charge < -0.3 is 4.52 Å². The number of thioether (sulfide) groups is 1.